The quantitative estimate of drug-likeness (QED) is 0.115. The molecule has 1 unspecified atom stereocenters. The molecule has 0 bridgehead atoms. The summed E-state index contributed by atoms with van der Waals surface area (Å²) in [6.07, 6.45) is 4.89. The molecule has 0 aromatic heterocycles. The first kappa shape index (κ1) is 26.6. The monoisotopic (exact) mass is 613 g/mol. The van der Waals surface area contributed by atoms with Crippen molar-refractivity contribution < 1.29 is 43.3 Å². The Hall–Kier alpha value is -2.51. The number of allylic oxidation sites excluding steroid dienone is 1. The maximum absolute atomic E-state index is 13.8. The zero-order valence-corrected chi connectivity index (χ0v) is 22.2. The van der Waals surface area contributed by atoms with Crippen LogP contribution in [-0.4, -0.2) is 60.6 Å². The van der Waals surface area contributed by atoms with Crippen molar-refractivity contribution in [1.29, 1.82) is 0 Å². The van der Waals surface area contributed by atoms with Crippen molar-refractivity contribution in [3.63, 3.8) is 0 Å². The lowest BCUT2D eigenvalue weighted by molar-refractivity contribution is -0.165. The van der Waals surface area contributed by atoms with Gasteiger partial charge in [0.25, 0.3) is 0 Å². The molecule has 10 nitrogen and oxygen atoms in total. The number of rotatable bonds is 8. The minimum absolute atomic E-state index is 0.0227. The highest BCUT2D eigenvalue weighted by Gasteiger charge is 2.59. The maximum atomic E-state index is 13.8. The van der Waals surface area contributed by atoms with Gasteiger partial charge < -0.3 is 28.9 Å². The second kappa shape index (κ2) is 11.3. The number of carbonyl (C=O) groups excluding carboxylic acids is 3. The van der Waals surface area contributed by atoms with Gasteiger partial charge >= 0.3 is 5.97 Å². The van der Waals surface area contributed by atoms with E-state index in [1.54, 1.807) is 13.8 Å². The molecule has 0 saturated carbocycles. The highest BCUT2D eigenvalue weighted by atomic mass is 127. The molecule has 1 aliphatic carbocycles. The van der Waals surface area contributed by atoms with Crippen molar-refractivity contribution in [2.45, 2.75) is 55.8 Å². The van der Waals surface area contributed by atoms with Crippen LogP contribution in [0.25, 0.3) is 0 Å². The summed E-state index contributed by atoms with van der Waals surface area (Å²) in [7, 11) is 0. The van der Waals surface area contributed by atoms with E-state index in [9.17, 15) is 19.5 Å². The molecule has 1 saturated heterocycles. The summed E-state index contributed by atoms with van der Waals surface area (Å²) in [6.45, 7) is 4.19. The van der Waals surface area contributed by atoms with E-state index in [1.807, 2.05) is 0 Å². The van der Waals surface area contributed by atoms with Crippen LogP contribution in [0.4, 0.5) is 0 Å². The van der Waals surface area contributed by atoms with E-state index in [4.69, 9.17) is 23.8 Å². The van der Waals surface area contributed by atoms with Crippen LogP contribution in [0, 0.1) is 5.92 Å². The van der Waals surface area contributed by atoms with Gasteiger partial charge in [-0.2, -0.15) is 0 Å². The summed E-state index contributed by atoms with van der Waals surface area (Å²) in [4.78, 5) is 43.6. The van der Waals surface area contributed by atoms with E-state index < -0.39 is 29.0 Å². The summed E-state index contributed by atoms with van der Waals surface area (Å²) in [5.74, 6) is -2.47. The van der Waals surface area contributed by atoms with E-state index in [-0.39, 0.29) is 54.3 Å². The first-order valence-electron chi connectivity index (χ1n) is 11.8. The molecule has 1 N–H and O–H groups in total. The van der Waals surface area contributed by atoms with Crippen molar-refractivity contribution >= 4 is 46.3 Å². The molecule has 0 amide bonds. The van der Waals surface area contributed by atoms with Gasteiger partial charge in [0, 0.05) is 41.2 Å². The van der Waals surface area contributed by atoms with Gasteiger partial charge in [-0.05, 0) is 32.3 Å². The molecule has 11 heteroatoms. The predicted molar refractivity (Wildman–Crippen MR) is 136 cm³/mol. The molecule has 194 valence electrons. The Morgan fingerprint density at radius 2 is 2.14 bits per heavy atom. The van der Waals surface area contributed by atoms with Crippen molar-refractivity contribution in [3.05, 3.63) is 34.6 Å². The first-order chi connectivity index (χ1) is 17.3. The zero-order valence-electron chi connectivity index (χ0n) is 20.1. The van der Waals surface area contributed by atoms with Crippen LogP contribution >= 0.6 is 22.6 Å². The van der Waals surface area contributed by atoms with E-state index >= 15 is 0 Å². The number of alkyl halides is 1. The second-order valence-corrected chi connectivity index (χ2v) is 9.53. The average molecular weight is 613 g/mol. The van der Waals surface area contributed by atoms with Crippen molar-refractivity contribution in [3.8, 4) is 11.5 Å². The fourth-order valence-electron chi connectivity index (χ4n) is 4.66. The van der Waals surface area contributed by atoms with E-state index in [2.05, 4.69) is 27.7 Å². The van der Waals surface area contributed by atoms with Crippen LogP contribution in [0.2, 0.25) is 0 Å². The molecule has 1 aromatic carbocycles. The van der Waals surface area contributed by atoms with E-state index in [0.717, 1.165) is 25.3 Å². The van der Waals surface area contributed by atoms with E-state index in [0.29, 0.717) is 16.6 Å². The lowest BCUT2D eigenvalue weighted by Crippen LogP contribution is -2.51. The maximum Gasteiger partial charge on any atom is 0.366 e. The number of carbonyl (C=O) groups is 3. The summed E-state index contributed by atoms with van der Waals surface area (Å²) < 4.78 is 23.7. The minimum Gasteiger partial charge on any atom is -0.507 e. The Balaban J connectivity index is 1.70. The second-order valence-electron chi connectivity index (χ2n) is 8.76. The van der Waals surface area contributed by atoms with Crippen LogP contribution in [0.1, 0.15) is 65.8 Å². The van der Waals surface area contributed by atoms with Crippen molar-refractivity contribution in [2.24, 2.45) is 11.1 Å². The fourth-order valence-corrected chi connectivity index (χ4v) is 5.42. The molecule has 2 heterocycles. The number of oxime groups is 1. The molecule has 0 radical (unpaired) electrons. The van der Waals surface area contributed by atoms with Gasteiger partial charge in [-0.3, -0.25) is 9.59 Å². The third-order valence-corrected chi connectivity index (χ3v) is 7.20. The smallest absolute Gasteiger partial charge is 0.366 e. The van der Waals surface area contributed by atoms with Crippen LogP contribution in [0.15, 0.2) is 23.1 Å². The molecule has 3 aliphatic rings. The molecule has 1 fully saturated rings. The topological polar surface area (TPSA) is 130 Å². The largest absolute Gasteiger partial charge is 0.507 e. The number of ketones is 2. The summed E-state index contributed by atoms with van der Waals surface area (Å²) >= 11 is 2.05. The number of ether oxygens (including phenoxy) is 4. The Kier molecular flexibility index (Phi) is 8.30. The normalized spacial score (nSPS) is 25.6. The van der Waals surface area contributed by atoms with Gasteiger partial charge in [0.2, 0.25) is 11.4 Å². The Bertz CT molecular complexity index is 1110. The summed E-state index contributed by atoms with van der Waals surface area (Å²) in [5, 5.41) is 14.3. The van der Waals surface area contributed by atoms with Gasteiger partial charge in [-0.25, -0.2) is 4.79 Å². The number of aliphatic hydroxyl groups is 1. The minimum atomic E-state index is -1.77. The number of aliphatic hydroxyl groups excluding tert-OH is 1. The lowest BCUT2D eigenvalue weighted by atomic mass is 9.75. The predicted octanol–water partition coefficient (Wildman–Crippen LogP) is 4.07. The van der Waals surface area contributed by atoms with Gasteiger partial charge in [-0.15, -0.1) is 0 Å². The highest BCUT2D eigenvalue weighted by Crippen LogP contribution is 2.51. The Morgan fingerprint density at radius 3 is 2.81 bits per heavy atom. The number of fused-ring (bicyclic) bond motifs is 1. The summed E-state index contributed by atoms with van der Waals surface area (Å²) in [6, 6.07) is 1.43. The lowest BCUT2D eigenvalue weighted by Gasteiger charge is -2.34. The Labute approximate surface area is 222 Å². The number of hydrogen-bond acceptors (Lipinski definition) is 10. The molecule has 1 aromatic rings. The van der Waals surface area contributed by atoms with Crippen LogP contribution < -0.4 is 9.47 Å². The third-order valence-electron chi connectivity index (χ3n) is 6.43. The SMILES string of the molecule is C/C=N/OC(=O)c1cc(OCCOC2CCCCO2)c2c(c1CI)O[C@]1(C2=O)C(O)=CC(=O)C[C@H]1C. The average Bonchev–Trinajstić information content (AvgIpc) is 3.18. The van der Waals surface area contributed by atoms with E-state index in [1.165, 1.54) is 12.3 Å². The molecule has 3 atom stereocenters. The zero-order chi connectivity index (χ0) is 25.9. The number of hydrogen-bond donors (Lipinski definition) is 1. The first-order valence-corrected chi connectivity index (χ1v) is 13.3. The molecule has 36 heavy (non-hydrogen) atoms. The summed E-state index contributed by atoms with van der Waals surface area (Å²) in [5.41, 5.74) is -1.14. The molecule has 4 rings (SSSR count). The van der Waals surface area contributed by atoms with Gasteiger partial charge in [0.05, 0.1) is 12.2 Å². The number of Topliss-reactive ketones (excluding diaryl/α,β-unsaturated/α-hetero) is 1. The van der Waals surface area contributed by atoms with Gasteiger partial charge in [0.1, 0.15) is 29.4 Å². The van der Waals surface area contributed by atoms with Crippen molar-refractivity contribution in [1.82, 2.24) is 0 Å². The molecular weight excluding hydrogens is 585 g/mol. The number of halogens is 1. The number of benzene rings is 1. The van der Waals surface area contributed by atoms with Crippen LogP contribution in [0.5, 0.6) is 11.5 Å². The molecule has 2 aliphatic heterocycles. The number of nitrogens with zero attached hydrogens (tertiary/aromatic N) is 1. The fraction of sp³-hybridized carbons (Fsp3) is 0.520. The van der Waals surface area contributed by atoms with Gasteiger partial charge in [0.15, 0.2) is 12.1 Å². The van der Waals surface area contributed by atoms with Gasteiger partial charge in [-0.1, -0.05) is 34.7 Å². The molecule has 1 spiro atoms. The molecular formula is C25H28INO9. The highest BCUT2D eigenvalue weighted by molar-refractivity contribution is 14.1. The van der Waals surface area contributed by atoms with Crippen LogP contribution in [-0.2, 0) is 23.5 Å². The van der Waals surface area contributed by atoms with Crippen LogP contribution in [0.3, 0.4) is 0 Å². The third kappa shape index (κ3) is 4.88. The van der Waals surface area contributed by atoms with Crippen molar-refractivity contribution in [2.75, 3.05) is 19.8 Å². The standard InChI is InChI=1S/C25H28INO9/c1-3-27-36-24(31)16-12-18(32-8-9-34-20-6-4-5-7-33-20)21-22(17(16)13-26)35-25(23(21)30)14(2)10-15(28)11-19(25)29/h3,11-12,14,20,29H,4-10,13H2,1-2H3/b27-3+/t14-,20?,25+/m1/s1. The Morgan fingerprint density at radius 1 is 1.33 bits per heavy atom.